The Morgan fingerprint density at radius 2 is 0.636 bits per heavy atom. The number of allylic oxidation sites excluding steroid dienone is 10. The lowest BCUT2D eigenvalue weighted by Crippen LogP contribution is -2.30. The fraction of sp³-hybridized carbons (Fsp3) is 0.803. The van der Waals surface area contributed by atoms with Crippen molar-refractivity contribution in [2.75, 3.05) is 19.8 Å². The molecule has 0 fully saturated rings. The Morgan fingerprint density at radius 3 is 1.08 bits per heavy atom. The van der Waals surface area contributed by atoms with E-state index < -0.39 is 6.10 Å². The summed E-state index contributed by atoms with van der Waals surface area (Å²) in [6.07, 6.45) is 72.4. The Balaban J connectivity index is 4.29. The highest BCUT2D eigenvalue weighted by Gasteiger charge is 2.17. The maximum absolute atomic E-state index is 12.8. The average Bonchev–Trinajstić information content (AvgIpc) is 3.32. The summed E-state index contributed by atoms with van der Waals surface area (Å²) >= 11 is 0. The molecule has 0 N–H and O–H groups in total. The molecule has 1 atom stereocenters. The lowest BCUT2D eigenvalue weighted by molar-refractivity contribution is -0.163. The van der Waals surface area contributed by atoms with Gasteiger partial charge in [0, 0.05) is 19.4 Å². The molecular formula is C61H110O5. The molecule has 384 valence electrons. The molecule has 0 aromatic heterocycles. The van der Waals surface area contributed by atoms with Gasteiger partial charge in [0.25, 0.3) is 0 Å². The van der Waals surface area contributed by atoms with Gasteiger partial charge in [-0.25, -0.2) is 0 Å². The predicted octanol–water partition coefficient (Wildman–Crippen LogP) is 19.7. The van der Waals surface area contributed by atoms with Crippen LogP contribution in [0.5, 0.6) is 0 Å². The maximum atomic E-state index is 12.8. The lowest BCUT2D eigenvalue weighted by Gasteiger charge is -2.18. The van der Waals surface area contributed by atoms with E-state index in [1.807, 2.05) is 0 Å². The van der Waals surface area contributed by atoms with Gasteiger partial charge in [-0.3, -0.25) is 9.59 Å². The summed E-state index contributed by atoms with van der Waals surface area (Å²) < 4.78 is 17.4. The summed E-state index contributed by atoms with van der Waals surface area (Å²) in [6.45, 7) is 7.77. The van der Waals surface area contributed by atoms with Crippen molar-refractivity contribution in [3.8, 4) is 0 Å². The van der Waals surface area contributed by atoms with Gasteiger partial charge in [-0.1, -0.05) is 248 Å². The number of hydrogen-bond acceptors (Lipinski definition) is 5. The maximum Gasteiger partial charge on any atom is 0.306 e. The van der Waals surface area contributed by atoms with Crippen LogP contribution < -0.4 is 0 Å². The first-order valence-electron chi connectivity index (χ1n) is 28.8. The molecular weight excluding hydrogens is 813 g/mol. The first-order valence-corrected chi connectivity index (χ1v) is 28.8. The third kappa shape index (κ3) is 54.2. The minimum absolute atomic E-state index is 0.0698. The van der Waals surface area contributed by atoms with Crippen LogP contribution in [0.25, 0.3) is 0 Å². The molecule has 0 bridgehead atoms. The minimum atomic E-state index is -0.557. The van der Waals surface area contributed by atoms with E-state index in [-0.39, 0.29) is 25.2 Å². The molecule has 0 unspecified atom stereocenters. The van der Waals surface area contributed by atoms with Crippen LogP contribution in [0.2, 0.25) is 0 Å². The second-order valence-electron chi connectivity index (χ2n) is 19.2. The normalized spacial score (nSPS) is 12.6. The first-order chi connectivity index (χ1) is 32.6. The van der Waals surface area contributed by atoms with Crippen molar-refractivity contribution in [3.63, 3.8) is 0 Å². The average molecular weight is 924 g/mol. The Kier molecular flexibility index (Phi) is 54.9. The highest BCUT2D eigenvalue weighted by molar-refractivity contribution is 5.70. The second-order valence-corrected chi connectivity index (χ2v) is 19.2. The lowest BCUT2D eigenvalue weighted by atomic mass is 10.0. The quantitative estimate of drug-likeness (QED) is 0.0346. The summed E-state index contributed by atoms with van der Waals surface area (Å²) in [6, 6.07) is 0. The van der Waals surface area contributed by atoms with Crippen molar-refractivity contribution in [1.82, 2.24) is 0 Å². The number of ether oxygens (including phenoxy) is 3. The van der Waals surface area contributed by atoms with Gasteiger partial charge in [0.1, 0.15) is 6.61 Å². The zero-order chi connectivity index (χ0) is 47.7. The van der Waals surface area contributed by atoms with Crippen molar-refractivity contribution in [2.45, 2.75) is 297 Å². The van der Waals surface area contributed by atoms with Crippen LogP contribution in [0.4, 0.5) is 0 Å². The zero-order valence-corrected chi connectivity index (χ0v) is 44.2. The highest BCUT2D eigenvalue weighted by atomic mass is 16.6. The van der Waals surface area contributed by atoms with Gasteiger partial charge in [-0.2, -0.15) is 0 Å². The minimum Gasteiger partial charge on any atom is -0.462 e. The van der Waals surface area contributed by atoms with E-state index in [1.165, 1.54) is 193 Å². The van der Waals surface area contributed by atoms with Crippen molar-refractivity contribution >= 4 is 11.9 Å². The predicted molar refractivity (Wildman–Crippen MR) is 288 cm³/mol. The number of unbranched alkanes of at least 4 members (excludes halogenated alkanes) is 32. The third-order valence-electron chi connectivity index (χ3n) is 12.5. The standard InChI is InChI=1S/C61H110O5/c1-4-7-10-13-16-19-22-25-28-30-31-32-34-36-39-42-45-48-51-54-60(62)65-58-59(57-64-56-53-50-47-44-41-38-35-29-26-23-20-17-14-11-8-5-2)66-61(63)55-52-49-46-43-40-37-33-27-24-21-18-15-12-9-6-3/h16,18-19,21,25,27-28,33,40,43,59H,4-15,17,20,22-24,26,29-32,34-39,41-42,44-58H2,1-3H3/b19-16-,21-18-,28-25-,33-27-,43-40-/t59-/m1/s1. The second kappa shape index (κ2) is 56.9. The number of carbonyl (C=O) groups is 2. The number of esters is 2. The summed E-state index contributed by atoms with van der Waals surface area (Å²) in [4.78, 5) is 25.5. The number of hydrogen-bond donors (Lipinski definition) is 0. The summed E-state index contributed by atoms with van der Waals surface area (Å²) in [5.74, 6) is -0.434. The molecule has 5 heteroatoms. The molecule has 0 aromatic rings. The van der Waals surface area contributed by atoms with E-state index in [0.29, 0.717) is 19.4 Å². The fourth-order valence-electron chi connectivity index (χ4n) is 8.20. The topological polar surface area (TPSA) is 61.8 Å². The van der Waals surface area contributed by atoms with Crippen LogP contribution in [0, 0.1) is 0 Å². The Hall–Kier alpha value is -2.40. The molecule has 0 amide bonds. The molecule has 0 heterocycles. The summed E-state index contributed by atoms with van der Waals surface area (Å²) in [5.41, 5.74) is 0. The van der Waals surface area contributed by atoms with E-state index >= 15 is 0 Å². The largest absolute Gasteiger partial charge is 0.462 e. The molecule has 0 aliphatic rings. The third-order valence-corrected chi connectivity index (χ3v) is 12.5. The van der Waals surface area contributed by atoms with Crippen LogP contribution in [-0.2, 0) is 23.8 Å². The summed E-state index contributed by atoms with van der Waals surface area (Å²) in [7, 11) is 0. The molecule has 5 nitrogen and oxygen atoms in total. The van der Waals surface area contributed by atoms with Crippen LogP contribution >= 0.6 is 0 Å². The molecule has 0 saturated carbocycles. The van der Waals surface area contributed by atoms with Gasteiger partial charge in [0.05, 0.1) is 6.61 Å². The fourth-order valence-corrected chi connectivity index (χ4v) is 8.20. The molecule has 0 spiro atoms. The number of carbonyl (C=O) groups excluding carboxylic acids is 2. The Labute approximate surface area is 411 Å². The van der Waals surface area contributed by atoms with Crippen molar-refractivity contribution in [1.29, 1.82) is 0 Å². The van der Waals surface area contributed by atoms with Crippen molar-refractivity contribution < 1.29 is 23.8 Å². The van der Waals surface area contributed by atoms with Gasteiger partial charge >= 0.3 is 11.9 Å². The van der Waals surface area contributed by atoms with E-state index in [1.54, 1.807) is 0 Å². The molecule has 0 saturated heterocycles. The Morgan fingerprint density at radius 1 is 0.333 bits per heavy atom. The molecule has 0 aromatic carbocycles. The van der Waals surface area contributed by atoms with Gasteiger partial charge in [-0.15, -0.1) is 0 Å². The molecule has 0 rings (SSSR count). The smallest absolute Gasteiger partial charge is 0.306 e. The van der Waals surface area contributed by atoms with E-state index in [9.17, 15) is 9.59 Å². The van der Waals surface area contributed by atoms with Gasteiger partial charge in [0.2, 0.25) is 0 Å². The van der Waals surface area contributed by atoms with Gasteiger partial charge < -0.3 is 14.2 Å². The Bertz CT molecular complexity index is 1130. The van der Waals surface area contributed by atoms with Crippen molar-refractivity contribution in [2.24, 2.45) is 0 Å². The summed E-state index contributed by atoms with van der Waals surface area (Å²) in [5, 5.41) is 0. The number of rotatable bonds is 53. The molecule has 0 aliphatic heterocycles. The van der Waals surface area contributed by atoms with Gasteiger partial charge in [0.15, 0.2) is 6.10 Å². The van der Waals surface area contributed by atoms with E-state index in [4.69, 9.17) is 14.2 Å². The first kappa shape index (κ1) is 63.6. The monoisotopic (exact) mass is 923 g/mol. The van der Waals surface area contributed by atoms with Gasteiger partial charge in [-0.05, 0) is 89.9 Å². The van der Waals surface area contributed by atoms with E-state index in [2.05, 4.69) is 81.5 Å². The van der Waals surface area contributed by atoms with Crippen molar-refractivity contribution in [3.05, 3.63) is 60.8 Å². The zero-order valence-electron chi connectivity index (χ0n) is 44.2. The van der Waals surface area contributed by atoms with Crippen LogP contribution in [0.15, 0.2) is 60.8 Å². The van der Waals surface area contributed by atoms with Crippen LogP contribution in [0.3, 0.4) is 0 Å². The molecule has 66 heavy (non-hydrogen) atoms. The molecule has 0 aliphatic carbocycles. The van der Waals surface area contributed by atoms with Crippen LogP contribution in [-0.4, -0.2) is 37.9 Å². The van der Waals surface area contributed by atoms with E-state index in [0.717, 1.165) is 64.2 Å². The van der Waals surface area contributed by atoms with Crippen LogP contribution in [0.1, 0.15) is 290 Å². The molecule has 0 radical (unpaired) electrons. The highest BCUT2D eigenvalue weighted by Crippen LogP contribution is 2.16. The SMILES string of the molecule is CCCCC/C=C\C/C=C\C/C=C\CCCCC(=O)O[C@H](COCCCCCCCCCCCCCCCCCC)COC(=O)CCCCCCCCCCC/C=C\C/C=C\CCCCC.